The highest BCUT2D eigenvalue weighted by Crippen LogP contribution is 2.15. The van der Waals surface area contributed by atoms with Crippen LogP contribution in [0.3, 0.4) is 0 Å². The molecule has 4 nitrogen and oxygen atoms in total. The van der Waals surface area contributed by atoms with Crippen LogP contribution in [0.15, 0.2) is 0 Å². The molecule has 1 heterocycles. The number of aromatic nitrogens is 3. The Kier molecular flexibility index (Phi) is 4.54. The fraction of sp³-hybridized carbons (Fsp3) is 0.667. The lowest BCUT2D eigenvalue weighted by molar-refractivity contribution is 0.177. The van der Waals surface area contributed by atoms with E-state index in [-0.39, 0.29) is 22.7 Å². The zero-order valence-corrected chi connectivity index (χ0v) is 10.4. The van der Waals surface area contributed by atoms with Crippen LogP contribution in [0.5, 0.6) is 6.01 Å². The van der Waals surface area contributed by atoms with Crippen molar-refractivity contribution >= 4 is 23.2 Å². The molecule has 0 amide bonds. The van der Waals surface area contributed by atoms with Crippen molar-refractivity contribution in [1.82, 2.24) is 15.0 Å². The van der Waals surface area contributed by atoms with Gasteiger partial charge in [-0.3, -0.25) is 0 Å². The van der Waals surface area contributed by atoms with Crippen LogP contribution in [0.4, 0.5) is 0 Å². The van der Waals surface area contributed by atoms with Crippen molar-refractivity contribution in [3.05, 3.63) is 10.6 Å². The van der Waals surface area contributed by atoms with Gasteiger partial charge in [0.05, 0.1) is 6.10 Å². The maximum Gasteiger partial charge on any atom is 0.322 e. The minimum absolute atomic E-state index is 0.0273. The second kappa shape index (κ2) is 5.47. The second-order valence-electron chi connectivity index (χ2n) is 3.71. The number of halogens is 2. The largest absolute Gasteiger partial charge is 0.460 e. The molecule has 0 aliphatic carbocycles. The molecule has 1 rings (SSSR count). The normalized spacial score (nSPS) is 12.9. The van der Waals surface area contributed by atoms with Gasteiger partial charge in [-0.1, -0.05) is 13.8 Å². The Morgan fingerprint density at radius 1 is 1.07 bits per heavy atom. The van der Waals surface area contributed by atoms with Crippen molar-refractivity contribution < 1.29 is 4.74 Å². The minimum Gasteiger partial charge on any atom is -0.460 e. The Labute approximate surface area is 99.0 Å². The lowest BCUT2D eigenvalue weighted by Gasteiger charge is -2.14. The Bertz CT molecular complexity index is 313. The third-order valence-corrected chi connectivity index (χ3v) is 2.01. The van der Waals surface area contributed by atoms with E-state index >= 15 is 0 Å². The first-order chi connectivity index (χ1) is 6.97. The van der Waals surface area contributed by atoms with E-state index in [0.29, 0.717) is 5.92 Å². The van der Waals surface area contributed by atoms with Gasteiger partial charge in [-0.15, -0.1) is 0 Å². The van der Waals surface area contributed by atoms with Gasteiger partial charge < -0.3 is 4.74 Å². The molecule has 0 bridgehead atoms. The van der Waals surface area contributed by atoms with Crippen molar-refractivity contribution in [2.45, 2.75) is 33.3 Å². The van der Waals surface area contributed by atoms with E-state index in [1.165, 1.54) is 0 Å². The average molecular weight is 250 g/mol. The molecule has 0 fully saturated rings. The predicted octanol–water partition coefficient (Wildman–Crippen LogP) is 2.99. The topological polar surface area (TPSA) is 47.9 Å². The highest BCUT2D eigenvalue weighted by atomic mass is 35.5. The summed E-state index contributed by atoms with van der Waals surface area (Å²) in [6.45, 7) is 6.19. The molecular weight excluding hydrogens is 237 g/mol. The van der Waals surface area contributed by atoms with Crippen molar-refractivity contribution in [1.29, 1.82) is 0 Å². The molecule has 0 spiro atoms. The van der Waals surface area contributed by atoms with Crippen LogP contribution in [0.1, 0.15) is 27.2 Å². The molecule has 1 atom stereocenters. The summed E-state index contributed by atoms with van der Waals surface area (Å²) in [6, 6.07) is 0.174. The van der Waals surface area contributed by atoms with Crippen LogP contribution >= 0.6 is 23.2 Å². The summed E-state index contributed by atoms with van der Waals surface area (Å²) in [7, 11) is 0. The molecule has 6 heteroatoms. The Balaban J connectivity index is 2.63. The zero-order chi connectivity index (χ0) is 11.4. The SMILES string of the molecule is CC(C)CC(C)Oc1nc(Cl)nc(Cl)n1. The van der Waals surface area contributed by atoms with Crippen LogP contribution in [-0.4, -0.2) is 21.1 Å². The van der Waals surface area contributed by atoms with E-state index < -0.39 is 0 Å². The maximum atomic E-state index is 5.61. The lowest BCUT2D eigenvalue weighted by Crippen LogP contribution is -2.16. The second-order valence-corrected chi connectivity index (χ2v) is 4.39. The quantitative estimate of drug-likeness (QED) is 0.824. The molecule has 1 aromatic heterocycles. The molecule has 15 heavy (non-hydrogen) atoms. The molecular formula is C9H13Cl2N3O. The van der Waals surface area contributed by atoms with Crippen LogP contribution in [0.2, 0.25) is 10.6 Å². The van der Waals surface area contributed by atoms with Crippen molar-refractivity contribution in [3.8, 4) is 6.01 Å². The van der Waals surface area contributed by atoms with Crippen molar-refractivity contribution in [3.63, 3.8) is 0 Å². The molecule has 0 saturated carbocycles. The summed E-state index contributed by atoms with van der Waals surface area (Å²) in [5.41, 5.74) is 0. The monoisotopic (exact) mass is 249 g/mol. The summed E-state index contributed by atoms with van der Waals surface area (Å²) < 4.78 is 5.46. The number of hydrogen-bond acceptors (Lipinski definition) is 4. The Morgan fingerprint density at radius 3 is 2.07 bits per heavy atom. The van der Waals surface area contributed by atoms with Crippen molar-refractivity contribution in [2.75, 3.05) is 0 Å². The molecule has 0 saturated heterocycles. The molecule has 0 aliphatic rings. The molecule has 1 aromatic rings. The summed E-state index contributed by atoms with van der Waals surface area (Å²) >= 11 is 11.2. The molecule has 0 radical (unpaired) electrons. The Hall–Kier alpha value is -0.610. The third-order valence-electron chi connectivity index (χ3n) is 1.67. The van der Waals surface area contributed by atoms with Crippen LogP contribution in [-0.2, 0) is 0 Å². The van der Waals surface area contributed by atoms with Gasteiger partial charge in [0, 0.05) is 0 Å². The first-order valence-corrected chi connectivity index (χ1v) is 5.46. The van der Waals surface area contributed by atoms with E-state index in [9.17, 15) is 0 Å². The number of rotatable bonds is 4. The predicted molar refractivity (Wildman–Crippen MR) is 59.4 cm³/mol. The first-order valence-electron chi connectivity index (χ1n) is 4.71. The summed E-state index contributed by atoms with van der Waals surface area (Å²) in [6.07, 6.45) is 0.945. The van der Waals surface area contributed by atoms with Gasteiger partial charge in [0.15, 0.2) is 0 Å². The minimum atomic E-state index is 0.0273. The van der Waals surface area contributed by atoms with E-state index in [0.717, 1.165) is 6.42 Å². The molecule has 0 aromatic carbocycles. The van der Waals surface area contributed by atoms with E-state index in [1.807, 2.05) is 6.92 Å². The standard InChI is InChI=1S/C9H13Cl2N3O/c1-5(2)4-6(3)15-9-13-7(10)12-8(11)14-9/h5-6H,4H2,1-3H3. The van der Waals surface area contributed by atoms with Gasteiger partial charge in [0.2, 0.25) is 10.6 Å². The molecule has 1 unspecified atom stereocenters. The Morgan fingerprint density at radius 2 is 1.60 bits per heavy atom. The van der Waals surface area contributed by atoms with E-state index in [1.54, 1.807) is 0 Å². The van der Waals surface area contributed by atoms with Gasteiger partial charge in [0.25, 0.3) is 0 Å². The number of nitrogens with zero attached hydrogens (tertiary/aromatic N) is 3. The molecule has 84 valence electrons. The summed E-state index contributed by atoms with van der Waals surface area (Å²) in [4.78, 5) is 11.3. The number of ether oxygens (including phenoxy) is 1. The van der Waals surface area contributed by atoms with Gasteiger partial charge in [0.1, 0.15) is 0 Å². The first kappa shape index (κ1) is 12.5. The van der Waals surface area contributed by atoms with E-state index in [4.69, 9.17) is 27.9 Å². The fourth-order valence-corrected chi connectivity index (χ4v) is 1.60. The zero-order valence-electron chi connectivity index (χ0n) is 8.87. The smallest absolute Gasteiger partial charge is 0.322 e. The van der Waals surface area contributed by atoms with Crippen LogP contribution in [0.25, 0.3) is 0 Å². The maximum absolute atomic E-state index is 5.61. The lowest BCUT2D eigenvalue weighted by atomic mass is 10.1. The van der Waals surface area contributed by atoms with Gasteiger partial charge in [-0.05, 0) is 42.5 Å². The average Bonchev–Trinajstić information content (AvgIpc) is 1.98. The van der Waals surface area contributed by atoms with E-state index in [2.05, 4.69) is 28.8 Å². The van der Waals surface area contributed by atoms with Crippen molar-refractivity contribution in [2.24, 2.45) is 5.92 Å². The van der Waals surface area contributed by atoms with Gasteiger partial charge >= 0.3 is 6.01 Å². The highest BCUT2D eigenvalue weighted by Gasteiger charge is 2.10. The van der Waals surface area contributed by atoms with Crippen LogP contribution in [0, 0.1) is 5.92 Å². The third kappa shape index (κ3) is 4.62. The summed E-state index contributed by atoms with van der Waals surface area (Å²) in [5, 5.41) is 0.0866. The fourth-order valence-electron chi connectivity index (χ4n) is 1.25. The van der Waals surface area contributed by atoms with Crippen LogP contribution < -0.4 is 4.74 Å². The molecule has 0 N–H and O–H groups in total. The van der Waals surface area contributed by atoms with Gasteiger partial charge in [-0.25, -0.2) is 0 Å². The summed E-state index contributed by atoms with van der Waals surface area (Å²) in [5.74, 6) is 0.549. The number of hydrogen-bond donors (Lipinski definition) is 0. The highest BCUT2D eigenvalue weighted by molar-refractivity contribution is 6.31. The molecule has 0 aliphatic heterocycles. The van der Waals surface area contributed by atoms with Gasteiger partial charge in [-0.2, -0.15) is 15.0 Å².